The molecule has 1 aromatic rings. The molecule has 2 aliphatic rings. The molecule has 0 aromatic heterocycles. The highest BCUT2D eigenvalue weighted by Crippen LogP contribution is 2.43. The number of benzene rings is 1. The number of piperazine rings is 1. The summed E-state index contributed by atoms with van der Waals surface area (Å²) in [4.78, 5) is 14.3. The number of rotatable bonds is 2. The van der Waals surface area contributed by atoms with Crippen molar-refractivity contribution >= 4 is 18.3 Å². The SMILES string of the molecule is Cl.O=C(c1cccc(OC(F)(F)F)c1)N1CCNCC12CC2. The number of nitrogens with zero attached hydrogens (tertiary/aromatic N) is 1. The van der Waals surface area contributed by atoms with Gasteiger partial charge in [0.1, 0.15) is 5.75 Å². The normalized spacial score (nSPS) is 19.5. The summed E-state index contributed by atoms with van der Waals surface area (Å²) in [6.45, 7) is 2.02. The van der Waals surface area contributed by atoms with Gasteiger partial charge in [-0.05, 0) is 31.0 Å². The van der Waals surface area contributed by atoms with Crippen molar-refractivity contribution in [1.29, 1.82) is 0 Å². The highest BCUT2D eigenvalue weighted by molar-refractivity contribution is 5.95. The van der Waals surface area contributed by atoms with Crippen LogP contribution < -0.4 is 10.1 Å². The molecular formula is C14H16ClF3N2O2. The van der Waals surface area contributed by atoms with Crippen molar-refractivity contribution in [2.75, 3.05) is 19.6 Å². The second kappa shape index (κ2) is 5.96. The third kappa shape index (κ3) is 3.47. The summed E-state index contributed by atoms with van der Waals surface area (Å²) < 4.78 is 40.6. The number of carbonyl (C=O) groups is 1. The van der Waals surface area contributed by atoms with Gasteiger partial charge in [-0.15, -0.1) is 25.6 Å². The lowest BCUT2D eigenvalue weighted by molar-refractivity contribution is -0.274. The van der Waals surface area contributed by atoms with Gasteiger partial charge in [-0.25, -0.2) is 0 Å². The van der Waals surface area contributed by atoms with E-state index in [0.717, 1.165) is 25.5 Å². The summed E-state index contributed by atoms with van der Waals surface area (Å²) in [7, 11) is 0. The monoisotopic (exact) mass is 336 g/mol. The second-order valence-corrected chi connectivity index (χ2v) is 5.43. The van der Waals surface area contributed by atoms with Crippen LogP contribution in [0.5, 0.6) is 5.75 Å². The molecule has 1 aliphatic carbocycles. The maximum atomic E-state index is 12.5. The standard InChI is InChI=1S/C14H15F3N2O2.ClH/c15-14(16,17)21-11-3-1-2-10(8-11)12(20)19-7-6-18-9-13(19)4-5-13;/h1-3,8,18H,4-7,9H2;1H. The summed E-state index contributed by atoms with van der Waals surface area (Å²) >= 11 is 0. The van der Waals surface area contributed by atoms with Crippen LogP contribution in [0.2, 0.25) is 0 Å². The van der Waals surface area contributed by atoms with E-state index >= 15 is 0 Å². The van der Waals surface area contributed by atoms with Crippen LogP contribution in [-0.2, 0) is 0 Å². The van der Waals surface area contributed by atoms with Gasteiger partial charge < -0.3 is 15.0 Å². The van der Waals surface area contributed by atoms with E-state index < -0.39 is 6.36 Å². The van der Waals surface area contributed by atoms with Crippen LogP contribution in [0.25, 0.3) is 0 Å². The molecule has 1 spiro atoms. The minimum absolute atomic E-state index is 0. The molecule has 0 unspecified atom stereocenters. The molecule has 22 heavy (non-hydrogen) atoms. The van der Waals surface area contributed by atoms with E-state index in [2.05, 4.69) is 10.1 Å². The van der Waals surface area contributed by atoms with E-state index in [0.29, 0.717) is 13.1 Å². The van der Waals surface area contributed by atoms with Crippen LogP contribution in [0.4, 0.5) is 13.2 Å². The second-order valence-electron chi connectivity index (χ2n) is 5.43. The number of amides is 1. The maximum Gasteiger partial charge on any atom is 0.573 e. The Bertz CT molecular complexity index is 561. The Morgan fingerprint density at radius 3 is 2.68 bits per heavy atom. The largest absolute Gasteiger partial charge is 0.573 e. The Morgan fingerprint density at radius 1 is 1.32 bits per heavy atom. The van der Waals surface area contributed by atoms with E-state index in [1.54, 1.807) is 4.90 Å². The number of nitrogens with one attached hydrogen (secondary N) is 1. The predicted molar refractivity (Wildman–Crippen MR) is 76.2 cm³/mol. The topological polar surface area (TPSA) is 41.6 Å². The van der Waals surface area contributed by atoms with Gasteiger partial charge in [0.05, 0.1) is 5.54 Å². The molecule has 8 heteroatoms. The van der Waals surface area contributed by atoms with E-state index in [-0.39, 0.29) is 35.2 Å². The third-order valence-corrected chi connectivity index (χ3v) is 3.93. The molecule has 0 atom stereocenters. The fraction of sp³-hybridized carbons (Fsp3) is 0.500. The Morgan fingerprint density at radius 2 is 2.05 bits per heavy atom. The summed E-state index contributed by atoms with van der Waals surface area (Å²) in [5.74, 6) is -0.602. The van der Waals surface area contributed by atoms with Crippen molar-refractivity contribution in [2.45, 2.75) is 24.7 Å². The molecule has 1 aliphatic heterocycles. The minimum Gasteiger partial charge on any atom is -0.406 e. The van der Waals surface area contributed by atoms with Crippen LogP contribution in [0.3, 0.4) is 0 Å². The number of alkyl halides is 3. The molecule has 0 radical (unpaired) electrons. The number of halogens is 4. The number of ether oxygens (including phenoxy) is 1. The van der Waals surface area contributed by atoms with Crippen molar-refractivity contribution in [3.8, 4) is 5.75 Å². The molecule has 1 saturated carbocycles. The van der Waals surface area contributed by atoms with Gasteiger partial charge in [-0.2, -0.15) is 0 Å². The van der Waals surface area contributed by atoms with Gasteiger partial charge in [0, 0.05) is 25.2 Å². The van der Waals surface area contributed by atoms with Crippen LogP contribution in [0.1, 0.15) is 23.2 Å². The summed E-state index contributed by atoms with van der Waals surface area (Å²) in [6, 6.07) is 5.25. The van der Waals surface area contributed by atoms with E-state index in [9.17, 15) is 18.0 Å². The van der Waals surface area contributed by atoms with Gasteiger partial charge in [0.25, 0.3) is 5.91 Å². The molecule has 1 saturated heterocycles. The fourth-order valence-corrected chi connectivity index (χ4v) is 2.73. The van der Waals surface area contributed by atoms with Gasteiger partial charge in [0.2, 0.25) is 0 Å². The van der Waals surface area contributed by atoms with Gasteiger partial charge >= 0.3 is 6.36 Å². The lowest BCUT2D eigenvalue weighted by Gasteiger charge is -2.37. The highest BCUT2D eigenvalue weighted by atomic mass is 35.5. The molecule has 1 amide bonds. The first-order valence-corrected chi connectivity index (χ1v) is 6.78. The molecule has 0 bridgehead atoms. The average molecular weight is 337 g/mol. The van der Waals surface area contributed by atoms with Gasteiger partial charge in [0.15, 0.2) is 0 Å². The van der Waals surface area contributed by atoms with E-state index in [1.165, 1.54) is 18.2 Å². The molecule has 122 valence electrons. The summed E-state index contributed by atoms with van der Waals surface area (Å²) in [5.41, 5.74) is 0.0841. The van der Waals surface area contributed by atoms with Crippen molar-refractivity contribution < 1.29 is 22.7 Å². The predicted octanol–water partition coefficient (Wildman–Crippen LogP) is 2.59. The quantitative estimate of drug-likeness (QED) is 0.902. The van der Waals surface area contributed by atoms with Crippen molar-refractivity contribution in [3.63, 3.8) is 0 Å². The third-order valence-electron chi connectivity index (χ3n) is 3.93. The summed E-state index contributed by atoms with van der Waals surface area (Å²) in [5, 5.41) is 3.25. The Hall–Kier alpha value is -1.47. The van der Waals surface area contributed by atoms with Gasteiger partial charge in [-0.3, -0.25) is 4.79 Å². The van der Waals surface area contributed by atoms with Gasteiger partial charge in [-0.1, -0.05) is 6.07 Å². The molecule has 2 fully saturated rings. The van der Waals surface area contributed by atoms with Crippen molar-refractivity contribution in [1.82, 2.24) is 10.2 Å². The lowest BCUT2D eigenvalue weighted by atomic mass is 10.1. The van der Waals surface area contributed by atoms with E-state index in [4.69, 9.17) is 0 Å². The first-order chi connectivity index (χ1) is 9.90. The Kier molecular flexibility index (Phi) is 4.58. The molecule has 1 N–H and O–H groups in total. The zero-order chi connectivity index (χ0) is 15.1. The van der Waals surface area contributed by atoms with Crippen LogP contribution >= 0.6 is 12.4 Å². The zero-order valence-corrected chi connectivity index (χ0v) is 12.5. The summed E-state index contributed by atoms with van der Waals surface area (Å²) in [6.07, 6.45) is -2.89. The zero-order valence-electron chi connectivity index (χ0n) is 11.7. The number of carbonyl (C=O) groups excluding carboxylic acids is 1. The number of hydrogen-bond acceptors (Lipinski definition) is 3. The fourth-order valence-electron chi connectivity index (χ4n) is 2.73. The minimum atomic E-state index is -4.76. The smallest absolute Gasteiger partial charge is 0.406 e. The average Bonchev–Trinajstić information content (AvgIpc) is 3.17. The van der Waals surface area contributed by atoms with Crippen LogP contribution in [0, 0.1) is 0 Å². The van der Waals surface area contributed by atoms with Crippen molar-refractivity contribution in [3.05, 3.63) is 29.8 Å². The molecule has 4 nitrogen and oxygen atoms in total. The molecule has 1 aromatic carbocycles. The first-order valence-electron chi connectivity index (χ1n) is 6.78. The Labute approximate surface area is 132 Å². The van der Waals surface area contributed by atoms with Crippen molar-refractivity contribution in [2.24, 2.45) is 0 Å². The maximum absolute atomic E-state index is 12.5. The molecular weight excluding hydrogens is 321 g/mol. The number of hydrogen-bond donors (Lipinski definition) is 1. The highest BCUT2D eigenvalue weighted by Gasteiger charge is 2.51. The Balaban J connectivity index is 0.00000176. The van der Waals surface area contributed by atoms with Crippen LogP contribution in [-0.4, -0.2) is 42.3 Å². The van der Waals surface area contributed by atoms with E-state index in [1.807, 2.05) is 0 Å². The van der Waals surface area contributed by atoms with Crippen LogP contribution in [0.15, 0.2) is 24.3 Å². The lowest BCUT2D eigenvalue weighted by Crippen LogP contribution is -2.55. The molecule has 1 heterocycles. The molecule has 3 rings (SSSR count). The first kappa shape index (κ1) is 16.9.